The number of ether oxygens (including phenoxy) is 4. The summed E-state index contributed by atoms with van der Waals surface area (Å²) in [4.78, 5) is 0. The molecule has 2 fully saturated rings. The first-order valence-corrected chi connectivity index (χ1v) is 9.29. The van der Waals surface area contributed by atoms with Crippen LogP contribution in [0.1, 0.15) is 45.1 Å². The van der Waals surface area contributed by atoms with Crippen molar-refractivity contribution in [3.05, 3.63) is 35.9 Å². The minimum atomic E-state index is -0.499. The first-order chi connectivity index (χ1) is 12.0. The van der Waals surface area contributed by atoms with Crippen molar-refractivity contribution in [1.82, 2.24) is 0 Å². The van der Waals surface area contributed by atoms with Crippen molar-refractivity contribution in [3.63, 3.8) is 0 Å². The molecular weight excluding hydrogens is 320 g/mol. The molecule has 2 aliphatic rings. The molecule has 0 radical (unpaired) electrons. The molecule has 1 aromatic rings. The van der Waals surface area contributed by atoms with E-state index < -0.39 is 11.9 Å². The summed E-state index contributed by atoms with van der Waals surface area (Å²) in [7, 11) is 0. The van der Waals surface area contributed by atoms with Gasteiger partial charge in [-0.1, -0.05) is 30.3 Å². The smallest absolute Gasteiger partial charge is 0.163 e. The van der Waals surface area contributed by atoms with Crippen LogP contribution < -0.4 is 0 Å². The Bertz CT molecular complexity index is 518. The highest BCUT2D eigenvalue weighted by molar-refractivity contribution is 5.13. The van der Waals surface area contributed by atoms with Gasteiger partial charge in [0.25, 0.3) is 0 Å². The van der Waals surface area contributed by atoms with Crippen LogP contribution in [0, 0.1) is 0 Å². The summed E-state index contributed by atoms with van der Waals surface area (Å²) in [5, 5.41) is 10.4. The topological polar surface area (TPSA) is 57.2 Å². The van der Waals surface area contributed by atoms with Gasteiger partial charge in [-0.3, -0.25) is 0 Å². The summed E-state index contributed by atoms with van der Waals surface area (Å²) in [5.41, 5.74) is 1.17. The summed E-state index contributed by atoms with van der Waals surface area (Å²) in [5.74, 6) is -0.499. The Kier molecular flexibility index (Phi) is 6.47. The van der Waals surface area contributed by atoms with E-state index in [1.807, 2.05) is 32.0 Å². The highest BCUT2D eigenvalue weighted by Gasteiger charge is 2.35. The molecule has 0 unspecified atom stereocenters. The normalized spacial score (nSPS) is 29.8. The lowest BCUT2D eigenvalue weighted by Gasteiger charge is -2.21. The number of benzene rings is 1. The number of aliphatic hydroxyl groups is 1. The summed E-state index contributed by atoms with van der Waals surface area (Å²) in [6.07, 6.45) is 2.88. The van der Waals surface area contributed by atoms with E-state index in [-0.39, 0.29) is 18.3 Å². The van der Waals surface area contributed by atoms with Crippen molar-refractivity contribution in [2.45, 2.75) is 76.3 Å². The molecule has 4 atom stereocenters. The average molecular weight is 350 g/mol. The highest BCUT2D eigenvalue weighted by Crippen LogP contribution is 2.28. The van der Waals surface area contributed by atoms with Crippen molar-refractivity contribution in [3.8, 4) is 0 Å². The molecule has 3 rings (SSSR count). The summed E-state index contributed by atoms with van der Waals surface area (Å²) in [6, 6.07) is 10.1. The molecule has 2 heterocycles. The predicted octanol–water partition coefficient (Wildman–Crippen LogP) is 3.04. The van der Waals surface area contributed by atoms with Crippen molar-refractivity contribution >= 4 is 0 Å². The van der Waals surface area contributed by atoms with Crippen LogP contribution >= 0.6 is 0 Å². The summed E-state index contributed by atoms with van der Waals surface area (Å²) >= 11 is 0. The average Bonchev–Trinajstić information content (AvgIpc) is 3.20. The molecule has 0 bridgehead atoms. The van der Waals surface area contributed by atoms with Gasteiger partial charge in [0.1, 0.15) is 0 Å². The summed E-state index contributed by atoms with van der Waals surface area (Å²) in [6.45, 7) is 5.61. The van der Waals surface area contributed by atoms with E-state index in [0.717, 1.165) is 19.3 Å². The monoisotopic (exact) mass is 350 g/mol. The Hall–Kier alpha value is -0.980. The zero-order chi connectivity index (χ0) is 17.7. The van der Waals surface area contributed by atoms with Gasteiger partial charge in [0.05, 0.1) is 44.2 Å². The van der Waals surface area contributed by atoms with Gasteiger partial charge in [-0.2, -0.15) is 0 Å². The SMILES string of the molecule is CC1(C)OC[C@H](CC[C@H](O)[C@@H]2CC[C@H](COCc3ccccc3)O2)O1. The molecule has 1 aromatic carbocycles. The highest BCUT2D eigenvalue weighted by atomic mass is 16.7. The molecule has 140 valence electrons. The van der Waals surface area contributed by atoms with Crippen LogP contribution in [0.15, 0.2) is 30.3 Å². The van der Waals surface area contributed by atoms with Crippen LogP contribution in [0.5, 0.6) is 0 Å². The lowest BCUT2D eigenvalue weighted by molar-refractivity contribution is -0.140. The molecule has 0 saturated carbocycles. The van der Waals surface area contributed by atoms with Crippen molar-refractivity contribution in [2.24, 2.45) is 0 Å². The van der Waals surface area contributed by atoms with Gasteiger partial charge in [-0.25, -0.2) is 0 Å². The third-order valence-corrected chi connectivity index (χ3v) is 4.84. The largest absolute Gasteiger partial charge is 0.390 e. The minimum absolute atomic E-state index is 0.0658. The maximum atomic E-state index is 10.4. The first-order valence-electron chi connectivity index (χ1n) is 9.29. The van der Waals surface area contributed by atoms with Crippen LogP contribution in [0.2, 0.25) is 0 Å². The van der Waals surface area contributed by atoms with Gasteiger partial charge in [0.15, 0.2) is 5.79 Å². The second kappa shape index (κ2) is 8.60. The van der Waals surface area contributed by atoms with Gasteiger partial charge in [0.2, 0.25) is 0 Å². The molecule has 5 heteroatoms. The Balaban J connectivity index is 1.32. The molecule has 0 aliphatic carbocycles. The van der Waals surface area contributed by atoms with E-state index in [4.69, 9.17) is 18.9 Å². The van der Waals surface area contributed by atoms with E-state index in [1.54, 1.807) is 0 Å². The number of rotatable bonds is 8. The van der Waals surface area contributed by atoms with Gasteiger partial charge in [-0.15, -0.1) is 0 Å². The molecule has 0 spiro atoms. The Morgan fingerprint density at radius 1 is 1.20 bits per heavy atom. The Morgan fingerprint density at radius 2 is 2.00 bits per heavy atom. The molecule has 0 aromatic heterocycles. The van der Waals surface area contributed by atoms with Crippen LogP contribution in [-0.4, -0.2) is 48.5 Å². The van der Waals surface area contributed by atoms with E-state index in [0.29, 0.717) is 26.2 Å². The first kappa shape index (κ1) is 18.8. The molecule has 1 N–H and O–H groups in total. The lowest BCUT2D eigenvalue weighted by atomic mass is 10.0. The van der Waals surface area contributed by atoms with Crippen molar-refractivity contribution < 1.29 is 24.1 Å². The maximum absolute atomic E-state index is 10.4. The fourth-order valence-electron chi connectivity index (χ4n) is 3.47. The standard InChI is InChI=1S/C20H30O5/c1-20(2)23-14-17(25-20)8-10-18(21)19-11-9-16(24-19)13-22-12-15-6-4-3-5-7-15/h3-7,16-19,21H,8-14H2,1-2H3/t16-,17+,18+,19+/m1/s1. The van der Waals surface area contributed by atoms with Gasteiger partial charge < -0.3 is 24.1 Å². The van der Waals surface area contributed by atoms with Crippen molar-refractivity contribution in [1.29, 1.82) is 0 Å². The molecular formula is C20H30O5. The Morgan fingerprint density at radius 3 is 2.72 bits per heavy atom. The fourth-order valence-corrected chi connectivity index (χ4v) is 3.47. The Labute approximate surface area is 150 Å². The number of hydrogen-bond donors (Lipinski definition) is 1. The van der Waals surface area contributed by atoms with E-state index in [1.165, 1.54) is 5.56 Å². The predicted molar refractivity (Wildman–Crippen MR) is 94.1 cm³/mol. The number of hydrogen-bond acceptors (Lipinski definition) is 5. The van der Waals surface area contributed by atoms with Gasteiger partial charge >= 0.3 is 0 Å². The van der Waals surface area contributed by atoms with E-state index in [9.17, 15) is 5.11 Å². The van der Waals surface area contributed by atoms with E-state index >= 15 is 0 Å². The third-order valence-electron chi connectivity index (χ3n) is 4.84. The minimum Gasteiger partial charge on any atom is -0.390 e. The van der Waals surface area contributed by atoms with E-state index in [2.05, 4.69) is 12.1 Å². The van der Waals surface area contributed by atoms with Crippen LogP contribution in [0.3, 0.4) is 0 Å². The van der Waals surface area contributed by atoms with Gasteiger partial charge in [0, 0.05) is 0 Å². The lowest BCUT2D eigenvalue weighted by Crippen LogP contribution is -2.29. The quantitative estimate of drug-likeness (QED) is 0.781. The van der Waals surface area contributed by atoms with Crippen LogP contribution in [0.4, 0.5) is 0 Å². The van der Waals surface area contributed by atoms with Crippen LogP contribution in [-0.2, 0) is 25.6 Å². The van der Waals surface area contributed by atoms with Gasteiger partial charge in [-0.05, 0) is 45.1 Å². The van der Waals surface area contributed by atoms with Crippen LogP contribution in [0.25, 0.3) is 0 Å². The molecule has 0 amide bonds. The fraction of sp³-hybridized carbons (Fsp3) is 0.700. The molecule has 5 nitrogen and oxygen atoms in total. The zero-order valence-electron chi connectivity index (χ0n) is 15.2. The molecule has 2 saturated heterocycles. The van der Waals surface area contributed by atoms with Crippen molar-refractivity contribution in [2.75, 3.05) is 13.2 Å². The summed E-state index contributed by atoms with van der Waals surface area (Å²) < 4.78 is 23.1. The second-order valence-corrected chi connectivity index (χ2v) is 7.47. The molecule has 25 heavy (non-hydrogen) atoms. The zero-order valence-corrected chi connectivity index (χ0v) is 15.2. The third kappa shape index (κ3) is 5.76. The maximum Gasteiger partial charge on any atom is 0.163 e. The molecule has 2 aliphatic heterocycles. The second-order valence-electron chi connectivity index (χ2n) is 7.47. The number of aliphatic hydroxyl groups excluding tert-OH is 1.